The van der Waals surface area contributed by atoms with Crippen LogP contribution in [0.25, 0.3) is 5.69 Å². The average Bonchev–Trinajstić information content (AvgIpc) is 3.30. The monoisotopic (exact) mass is 345 g/mol. The first-order chi connectivity index (χ1) is 12.8. The molecule has 0 radical (unpaired) electrons. The number of fused-ring (bicyclic) bond motifs is 2. The minimum absolute atomic E-state index is 0.0627. The van der Waals surface area contributed by atoms with E-state index in [1.807, 2.05) is 16.9 Å². The summed E-state index contributed by atoms with van der Waals surface area (Å²) in [5.74, 6) is 0. The fourth-order valence-electron chi connectivity index (χ4n) is 4.35. The second-order valence-corrected chi connectivity index (χ2v) is 7.29. The molecular formula is C22H23N3O. The molecule has 1 aromatic heterocycles. The lowest BCUT2D eigenvalue weighted by molar-refractivity contribution is -0.0801. The van der Waals surface area contributed by atoms with E-state index in [2.05, 4.69) is 64.6 Å². The molecule has 0 amide bonds. The van der Waals surface area contributed by atoms with Gasteiger partial charge in [0.05, 0.1) is 23.6 Å². The van der Waals surface area contributed by atoms with Crippen LogP contribution in [0.5, 0.6) is 0 Å². The van der Waals surface area contributed by atoms with Gasteiger partial charge >= 0.3 is 0 Å². The highest BCUT2D eigenvalue weighted by Crippen LogP contribution is 2.44. The zero-order valence-electron chi connectivity index (χ0n) is 14.8. The average molecular weight is 345 g/mol. The lowest BCUT2D eigenvalue weighted by Crippen LogP contribution is -2.42. The smallest absolute Gasteiger partial charge is 0.0963 e. The topological polar surface area (TPSA) is 30.3 Å². The molecule has 3 aromatic rings. The van der Waals surface area contributed by atoms with Gasteiger partial charge in [-0.3, -0.25) is 4.90 Å². The van der Waals surface area contributed by atoms with Gasteiger partial charge < -0.3 is 4.74 Å². The summed E-state index contributed by atoms with van der Waals surface area (Å²) in [5.41, 5.74) is 5.07. The molecule has 3 heterocycles. The number of hydrogen-bond donors (Lipinski definition) is 0. The Bertz CT molecular complexity index is 895. The van der Waals surface area contributed by atoms with Crippen LogP contribution in [0.15, 0.2) is 66.9 Å². The second-order valence-electron chi connectivity index (χ2n) is 7.29. The SMILES string of the molecule is c1ccc(-n2nccc2CN2CCC3(CC2)OCc2ccccc23)cc1. The van der Waals surface area contributed by atoms with Crippen molar-refractivity contribution in [3.05, 3.63) is 83.7 Å². The summed E-state index contributed by atoms with van der Waals surface area (Å²) >= 11 is 0. The molecule has 132 valence electrons. The van der Waals surface area contributed by atoms with Crippen molar-refractivity contribution in [1.82, 2.24) is 14.7 Å². The molecule has 26 heavy (non-hydrogen) atoms. The van der Waals surface area contributed by atoms with Crippen molar-refractivity contribution in [1.29, 1.82) is 0 Å². The molecule has 1 saturated heterocycles. The highest BCUT2D eigenvalue weighted by Gasteiger charge is 2.42. The Hall–Kier alpha value is -2.43. The molecule has 4 nitrogen and oxygen atoms in total. The van der Waals surface area contributed by atoms with E-state index in [-0.39, 0.29) is 5.60 Å². The van der Waals surface area contributed by atoms with Gasteiger partial charge in [0.1, 0.15) is 0 Å². The van der Waals surface area contributed by atoms with Crippen molar-refractivity contribution in [3.63, 3.8) is 0 Å². The molecule has 0 aliphatic carbocycles. The summed E-state index contributed by atoms with van der Waals surface area (Å²) in [6.45, 7) is 3.78. The zero-order chi connectivity index (χ0) is 17.4. The molecule has 2 aliphatic rings. The van der Waals surface area contributed by atoms with Crippen LogP contribution >= 0.6 is 0 Å². The summed E-state index contributed by atoms with van der Waals surface area (Å²) in [7, 11) is 0. The fourth-order valence-corrected chi connectivity index (χ4v) is 4.35. The third-order valence-corrected chi connectivity index (χ3v) is 5.78. The molecule has 0 atom stereocenters. The van der Waals surface area contributed by atoms with Crippen LogP contribution in [0, 0.1) is 0 Å². The first-order valence-corrected chi connectivity index (χ1v) is 9.37. The maximum atomic E-state index is 6.28. The standard InChI is InChI=1S/C22H23N3O/c1-2-7-19(8-3-1)25-20(10-13-23-25)16-24-14-11-22(12-15-24)21-9-5-4-6-18(21)17-26-22/h1-10,13H,11-12,14-17H2. The number of hydrogen-bond acceptors (Lipinski definition) is 3. The van der Waals surface area contributed by atoms with Crippen molar-refractivity contribution in [2.75, 3.05) is 13.1 Å². The van der Waals surface area contributed by atoms with Gasteiger partial charge in [-0.25, -0.2) is 4.68 Å². The first kappa shape index (κ1) is 15.8. The van der Waals surface area contributed by atoms with Crippen LogP contribution in [0.2, 0.25) is 0 Å². The molecule has 2 aromatic carbocycles. The van der Waals surface area contributed by atoms with Crippen LogP contribution < -0.4 is 0 Å². The highest BCUT2D eigenvalue weighted by molar-refractivity contribution is 5.36. The molecular weight excluding hydrogens is 322 g/mol. The number of para-hydroxylation sites is 1. The number of piperidine rings is 1. The van der Waals surface area contributed by atoms with Gasteiger partial charge in [-0.15, -0.1) is 0 Å². The van der Waals surface area contributed by atoms with Gasteiger partial charge in [0, 0.05) is 25.8 Å². The normalized spacial score (nSPS) is 18.9. The van der Waals surface area contributed by atoms with Crippen molar-refractivity contribution in [2.45, 2.75) is 31.6 Å². The molecule has 4 heteroatoms. The van der Waals surface area contributed by atoms with E-state index >= 15 is 0 Å². The number of benzene rings is 2. The lowest BCUT2D eigenvalue weighted by Gasteiger charge is -2.39. The Balaban J connectivity index is 1.30. The number of ether oxygens (including phenoxy) is 1. The third kappa shape index (κ3) is 2.66. The molecule has 0 saturated carbocycles. The first-order valence-electron chi connectivity index (χ1n) is 9.37. The number of rotatable bonds is 3. The molecule has 0 N–H and O–H groups in total. The predicted octanol–water partition coefficient (Wildman–Crippen LogP) is 3.89. The van der Waals surface area contributed by atoms with Crippen LogP contribution in [0.1, 0.15) is 29.7 Å². The number of aromatic nitrogens is 2. The van der Waals surface area contributed by atoms with Crippen LogP contribution in [-0.4, -0.2) is 27.8 Å². The largest absolute Gasteiger partial charge is 0.365 e. The van der Waals surface area contributed by atoms with Gasteiger partial charge in [-0.1, -0.05) is 42.5 Å². The maximum Gasteiger partial charge on any atom is 0.0963 e. The van der Waals surface area contributed by atoms with E-state index in [9.17, 15) is 0 Å². The van der Waals surface area contributed by atoms with Gasteiger partial charge in [0.15, 0.2) is 0 Å². The summed E-state index contributed by atoms with van der Waals surface area (Å²) < 4.78 is 8.33. The molecule has 1 fully saturated rings. The molecule has 1 spiro atoms. The molecule has 5 rings (SSSR count). The minimum atomic E-state index is -0.0627. The predicted molar refractivity (Wildman–Crippen MR) is 101 cm³/mol. The van der Waals surface area contributed by atoms with Gasteiger partial charge in [0.2, 0.25) is 0 Å². The molecule has 2 aliphatic heterocycles. The van der Waals surface area contributed by atoms with Crippen LogP contribution in [0.3, 0.4) is 0 Å². The van der Waals surface area contributed by atoms with Crippen molar-refractivity contribution in [3.8, 4) is 5.69 Å². The van der Waals surface area contributed by atoms with Gasteiger partial charge in [-0.2, -0.15) is 5.10 Å². The quantitative estimate of drug-likeness (QED) is 0.721. The van der Waals surface area contributed by atoms with E-state index in [4.69, 9.17) is 4.74 Å². The summed E-state index contributed by atoms with van der Waals surface area (Å²) in [4.78, 5) is 2.52. The van der Waals surface area contributed by atoms with Crippen molar-refractivity contribution < 1.29 is 4.74 Å². The second kappa shape index (κ2) is 6.38. The fraction of sp³-hybridized carbons (Fsp3) is 0.318. The highest BCUT2D eigenvalue weighted by atomic mass is 16.5. The van der Waals surface area contributed by atoms with E-state index in [1.165, 1.54) is 16.8 Å². The molecule has 0 bridgehead atoms. The number of likely N-dealkylation sites (tertiary alicyclic amines) is 1. The van der Waals surface area contributed by atoms with Gasteiger partial charge in [0.25, 0.3) is 0 Å². The van der Waals surface area contributed by atoms with E-state index in [0.29, 0.717) is 0 Å². The van der Waals surface area contributed by atoms with Crippen LogP contribution in [0.4, 0.5) is 0 Å². The summed E-state index contributed by atoms with van der Waals surface area (Å²) in [6, 6.07) is 21.2. The van der Waals surface area contributed by atoms with Crippen LogP contribution in [-0.2, 0) is 23.5 Å². The van der Waals surface area contributed by atoms with Crippen molar-refractivity contribution in [2.24, 2.45) is 0 Å². The lowest BCUT2D eigenvalue weighted by atomic mass is 9.84. The minimum Gasteiger partial charge on any atom is -0.365 e. The van der Waals surface area contributed by atoms with E-state index < -0.39 is 0 Å². The van der Waals surface area contributed by atoms with E-state index in [1.54, 1.807) is 0 Å². The van der Waals surface area contributed by atoms with E-state index in [0.717, 1.165) is 44.8 Å². The number of nitrogens with zero attached hydrogens (tertiary/aromatic N) is 3. The van der Waals surface area contributed by atoms with Gasteiger partial charge in [-0.05, 0) is 42.2 Å². The Labute approximate surface area is 154 Å². The van der Waals surface area contributed by atoms with Crippen molar-refractivity contribution >= 4 is 0 Å². The Morgan fingerprint density at radius 1 is 0.923 bits per heavy atom. The maximum absolute atomic E-state index is 6.28. The Kier molecular flexibility index (Phi) is 3.88. The summed E-state index contributed by atoms with van der Waals surface area (Å²) in [6.07, 6.45) is 4.01. The zero-order valence-corrected chi connectivity index (χ0v) is 14.8. The Morgan fingerprint density at radius 3 is 2.54 bits per heavy atom. The third-order valence-electron chi connectivity index (χ3n) is 5.78. The Morgan fingerprint density at radius 2 is 1.69 bits per heavy atom. The molecule has 0 unspecified atom stereocenters. The summed E-state index contributed by atoms with van der Waals surface area (Å²) in [5, 5.41) is 4.52.